The maximum absolute atomic E-state index is 8.92. The summed E-state index contributed by atoms with van der Waals surface area (Å²) in [6, 6.07) is 8.85. The highest BCUT2D eigenvalue weighted by Gasteiger charge is 2.00. The van der Waals surface area contributed by atoms with E-state index in [2.05, 4.69) is 50.4 Å². The van der Waals surface area contributed by atoms with Gasteiger partial charge in [0.1, 0.15) is 0 Å². The first-order chi connectivity index (χ1) is 8.63. The number of hydrogen-bond donors (Lipinski definition) is 2. The Morgan fingerprint density at radius 1 is 1.11 bits per heavy atom. The molecule has 1 rings (SSSR count). The van der Waals surface area contributed by atoms with Crippen molar-refractivity contribution in [3.05, 3.63) is 35.4 Å². The summed E-state index contributed by atoms with van der Waals surface area (Å²) in [5.74, 6) is 1.03. The molecule has 1 aromatic carbocycles. The molecule has 2 nitrogen and oxygen atoms in total. The largest absolute Gasteiger partial charge is 0.396 e. The zero-order chi connectivity index (χ0) is 13.4. The fraction of sp³-hybridized carbons (Fsp3) is 0.625. The maximum atomic E-state index is 8.92. The molecule has 1 aromatic rings. The van der Waals surface area contributed by atoms with Gasteiger partial charge in [0.15, 0.2) is 0 Å². The van der Waals surface area contributed by atoms with Crippen molar-refractivity contribution in [1.82, 2.24) is 5.32 Å². The van der Waals surface area contributed by atoms with Gasteiger partial charge in [-0.15, -0.1) is 0 Å². The Balaban J connectivity index is 2.19. The molecule has 0 heterocycles. The van der Waals surface area contributed by atoms with E-state index in [4.69, 9.17) is 5.11 Å². The van der Waals surface area contributed by atoms with Crippen LogP contribution >= 0.6 is 0 Å². The quantitative estimate of drug-likeness (QED) is 0.693. The Hall–Kier alpha value is -0.860. The molecule has 0 radical (unpaired) electrons. The Morgan fingerprint density at radius 3 is 2.33 bits per heavy atom. The van der Waals surface area contributed by atoms with Gasteiger partial charge in [0.05, 0.1) is 0 Å². The summed E-state index contributed by atoms with van der Waals surface area (Å²) >= 11 is 0. The minimum atomic E-state index is 0.302. The van der Waals surface area contributed by atoms with Crippen LogP contribution in [0.1, 0.15) is 50.7 Å². The van der Waals surface area contributed by atoms with Crippen LogP contribution in [-0.2, 0) is 6.54 Å². The van der Waals surface area contributed by atoms with Crippen LogP contribution in [0.2, 0.25) is 0 Å². The van der Waals surface area contributed by atoms with Crippen molar-refractivity contribution in [3.63, 3.8) is 0 Å². The van der Waals surface area contributed by atoms with Crippen LogP contribution < -0.4 is 5.32 Å². The van der Waals surface area contributed by atoms with E-state index in [0.717, 1.165) is 25.9 Å². The smallest absolute Gasteiger partial charge is 0.0456 e. The molecule has 0 saturated carbocycles. The first kappa shape index (κ1) is 15.2. The van der Waals surface area contributed by atoms with Crippen molar-refractivity contribution in [1.29, 1.82) is 0 Å². The third kappa shape index (κ3) is 5.65. The van der Waals surface area contributed by atoms with Gasteiger partial charge in [0.25, 0.3) is 0 Å². The van der Waals surface area contributed by atoms with Crippen molar-refractivity contribution >= 4 is 0 Å². The predicted molar refractivity (Wildman–Crippen MR) is 77.7 cm³/mol. The minimum absolute atomic E-state index is 0.302. The number of hydrogen-bond acceptors (Lipinski definition) is 2. The fourth-order valence-corrected chi connectivity index (χ4v) is 1.92. The average molecular weight is 249 g/mol. The second kappa shape index (κ2) is 8.28. The third-order valence-corrected chi connectivity index (χ3v) is 3.34. The number of nitrogens with one attached hydrogen (secondary N) is 1. The molecule has 0 spiro atoms. The summed E-state index contributed by atoms with van der Waals surface area (Å²) in [6.07, 6.45) is 2.22. The molecule has 0 aromatic heterocycles. The molecule has 0 saturated heterocycles. The molecule has 18 heavy (non-hydrogen) atoms. The van der Waals surface area contributed by atoms with Gasteiger partial charge in [-0.3, -0.25) is 0 Å². The van der Waals surface area contributed by atoms with Crippen molar-refractivity contribution in [2.24, 2.45) is 5.92 Å². The van der Waals surface area contributed by atoms with Crippen LogP contribution in [0.5, 0.6) is 0 Å². The van der Waals surface area contributed by atoms with Crippen LogP contribution in [0.15, 0.2) is 24.3 Å². The van der Waals surface area contributed by atoms with E-state index in [-0.39, 0.29) is 0 Å². The minimum Gasteiger partial charge on any atom is -0.396 e. The summed E-state index contributed by atoms with van der Waals surface area (Å²) in [6.45, 7) is 8.79. The fourth-order valence-electron chi connectivity index (χ4n) is 1.92. The van der Waals surface area contributed by atoms with E-state index in [1.54, 1.807) is 0 Å². The van der Waals surface area contributed by atoms with Crippen molar-refractivity contribution in [2.45, 2.75) is 46.1 Å². The summed E-state index contributed by atoms with van der Waals surface area (Å²) < 4.78 is 0. The molecule has 0 aliphatic heterocycles. The van der Waals surface area contributed by atoms with E-state index in [1.165, 1.54) is 11.1 Å². The SMILES string of the molecule is CC(CO)CCCNCc1ccc(C(C)C)cc1. The van der Waals surface area contributed by atoms with Gasteiger partial charge in [-0.05, 0) is 42.3 Å². The lowest BCUT2D eigenvalue weighted by atomic mass is 10.0. The predicted octanol–water partition coefficient (Wildman–Crippen LogP) is 3.31. The number of benzene rings is 1. The molecule has 1 unspecified atom stereocenters. The monoisotopic (exact) mass is 249 g/mol. The third-order valence-electron chi connectivity index (χ3n) is 3.34. The van der Waals surface area contributed by atoms with Gasteiger partial charge < -0.3 is 10.4 Å². The van der Waals surface area contributed by atoms with Gasteiger partial charge in [0.2, 0.25) is 0 Å². The van der Waals surface area contributed by atoms with Crippen molar-refractivity contribution in [3.8, 4) is 0 Å². The highest BCUT2D eigenvalue weighted by molar-refractivity contribution is 5.24. The number of rotatable bonds is 8. The molecule has 0 bridgehead atoms. The first-order valence-corrected chi connectivity index (χ1v) is 7.04. The topological polar surface area (TPSA) is 32.3 Å². The number of aliphatic hydroxyl groups excluding tert-OH is 1. The van der Waals surface area contributed by atoms with Crippen LogP contribution in [-0.4, -0.2) is 18.3 Å². The average Bonchev–Trinajstić information content (AvgIpc) is 2.38. The molecule has 2 heteroatoms. The van der Waals surface area contributed by atoms with E-state index >= 15 is 0 Å². The molecule has 0 aliphatic carbocycles. The van der Waals surface area contributed by atoms with E-state index in [1.807, 2.05) is 0 Å². The van der Waals surface area contributed by atoms with E-state index < -0.39 is 0 Å². The molecule has 0 amide bonds. The Labute approximate surface area is 111 Å². The highest BCUT2D eigenvalue weighted by atomic mass is 16.3. The zero-order valence-corrected chi connectivity index (χ0v) is 11.9. The van der Waals surface area contributed by atoms with E-state index in [9.17, 15) is 0 Å². The molecule has 1 atom stereocenters. The van der Waals surface area contributed by atoms with Crippen LogP contribution in [0.3, 0.4) is 0 Å². The second-order valence-electron chi connectivity index (χ2n) is 5.50. The van der Waals surface area contributed by atoms with Gasteiger partial charge in [-0.1, -0.05) is 45.0 Å². The Kier molecular flexibility index (Phi) is 6.99. The molecule has 0 aliphatic rings. The van der Waals surface area contributed by atoms with Gasteiger partial charge in [0, 0.05) is 13.2 Å². The van der Waals surface area contributed by atoms with Crippen molar-refractivity contribution < 1.29 is 5.11 Å². The summed E-state index contributed by atoms with van der Waals surface area (Å²) in [7, 11) is 0. The standard InChI is InChI=1S/C16H27NO/c1-13(2)16-8-6-15(7-9-16)11-17-10-4-5-14(3)12-18/h6-9,13-14,17-18H,4-5,10-12H2,1-3H3. The highest BCUT2D eigenvalue weighted by Crippen LogP contribution is 2.14. The van der Waals surface area contributed by atoms with E-state index in [0.29, 0.717) is 18.4 Å². The maximum Gasteiger partial charge on any atom is 0.0456 e. The van der Waals surface area contributed by atoms with Crippen LogP contribution in [0.25, 0.3) is 0 Å². The zero-order valence-electron chi connectivity index (χ0n) is 11.9. The van der Waals surface area contributed by atoms with Gasteiger partial charge in [-0.25, -0.2) is 0 Å². The molecular formula is C16H27NO. The normalized spacial score (nSPS) is 12.9. The molecule has 2 N–H and O–H groups in total. The summed E-state index contributed by atoms with van der Waals surface area (Å²) in [4.78, 5) is 0. The lowest BCUT2D eigenvalue weighted by Crippen LogP contribution is -2.16. The summed E-state index contributed by atoms with van der Waals surface area (Å²) in [5, 5.41) is 12.4. The second-order valence-corrected chi connectivity index (χ2v) is 5.50. The van der Waals surface area contributed by atoms with Crippen molar-refractivity contribution in [2.75, 3.05) is 13.2 Å². The Bertz CT molecular complexity index is 318. The first-order valence-electron chi connectivity index (χ1n) is 7.04. The van der Waals surface area contributed by atoms with Crippen LogP contribution in [0.4, 0.5) is 0 Å². The molecule has 102 valence electrons. The van der Waals surface area contributed by atoms with Gasteiger partial charge >= 0.3 is 0 Å². The van der Waals surface area contributed by atoms with Crippen LogP contribution in [0, 0.1) is 5.92 Å². The number of aliphatic hydroxyl groups is 1. The van der Waals surface area contributed by atoms with Gasteiger partial charge in [-0.2, -0.15) is 0 Å². The Morgan fingerprint density at radius 2 is 1.78 bits per heavy atom. The molecule has 0 fully saturated rings. The lowest BCUT2D eigenvalue weighted by Gasteiger charge is -2.09. The summed E-state index contributed by atoms with van der Waals surface area (Å²) in [5.41, 5.74) is 2.74. The lowest BCUT2D eigenvalue weighted by molar-refractivity contribution is 0.228. The molecular weight excluding hydrogens is 222 g/mol.